The first-order valence-electron chi connectivity index (χ1n) is 19.9. The zero-order chi connectivity index (χ0) is 49.6. The third kappa shape index (κ3) is 16.5. The molecule has 65 heavy (non-hydrogen) atoms. The predicted molar refractivity (Wildman–Crippen MR) is 288 cm³/mol. The number of hydrogen-bond donors (Lipinski definition) is 10. The van der Waals surface area contributed by atoms with Crippen LogP contribution in [0.1, 0.15) is 100 Å². The van der Waals surface area contributed by atoms with Crippen molar-refractivity contribution in [2.75, 3.05) is 62.5 Å². The molecule has 0 bridgehead atoms. The van der Waals surface area contributed by atoms with Crippen molar-refractivity contribution in [1.29, 1.82) is 0 Å². The molecule has 0 aliphatic rings. The largest absolute Gasteiger partial charge is 0.396 e. The van der Waals surface area contributed by atoms with E-state index in [1.165, 1.54) is 13.8 Å². The Bertz CT molecular complexity index is 1910. The minimum absolute atomic E-state index is 0.0164. The lowest BCUT2D eigenvalue weighted by Gasteiger charge is -2.31. The molecule has 0 saturated heterocycles. The highest BCUT2D eigenvalue weighted by molar-refractivity contribution is 14.1. The van der Waals surface area contributed by atoms with Crippen molar-refractivity contribution < 1.29 is 79.8 Å². The second kappa shape index (κ2) is 29.4. The number of carbonyl (C=O) groups is 6. The monoisotopic (exact) mass is 1590 g/mol. The van der Waals surface area contributed by atoms with Crippen LogP contribution in [0.15, 0.2) is 0 Å². The van der Waals surface area contributed by atoms with Crippen LogP contribution in [0.4, 0.5) is 11.4 Å². The van der Waals surface area contributed by atoms with Gasteiger partial charge in [-0.1, -0.05) is 0 Å². The van der Waals surface area contributed by atoms with E-state index < -0.39 is 130 Å². The zero-order valence-electron chi connectivity index (χ0n) is 35.2. The minimum atomic E-state index is -1.52. The first-order valence-corrected chi connectivity index (χ1v) is 26.4. The Kier molecular flexibility index (Phi) is 27.7. The van der Waals surface area contributed by atoms with Gasteiger partial charge in [0.2, 0.25) is 11.8 Å². The number of halogens is 6. The van der Waals surface area contributed by atoms with E-state index in [9.17, 15) is 79.8 Å². The molecule has 18 nitrogen and oxygen atoms in total. The summed E-state index contributed by atoms with van der Waals surface area (Å²) in [5.74, 6) is -5.11. The molecular formula is C41H52I6N2O16. The maximum absolute atomic E-state index is 13.8. The van der Waals surface area contributed by atoms with Crippen molar-refractivity contribution in [1.82, 2.24) is 0 Å². The average Bonchev–Trinajstić information content (AvgIpc) is 3.24. The van der Waals surface area contributed by atoms with Crippen molar-refractivity contribution >= 4 is 182 Å². The highest BCUT2D eigenvalue weighted by atomic mass is 127. The van der Waals surface area contributed by atoms with Crippen LogP contribution in [0.2, 0.25) is 0 Å². The molecule has 4 unspecified atom stereocenters. The van der Waals surface area contributed by atoms with Crippen LogP contribution in [0.5, 0.6) is 0 Å². The second-order valence-corrected chi connectivity index (χ2v) is 21.7. The van der Waals surface area contributed by atoms with Gasteiger partial charge in [0.15, 0.2) is 23.1 Å². The Labute approximate surface area is 457 Å². The zero-order valence-corrected chi connectivity index (χ0v) is 48.1. The summed E-state index contributed by atoms with van der Waals surface area (Å²) < 4.78 is 1.29. The molecule has 0 radical (unpaired) electrons. The second-order valence-electron chi connectivity index (χ2n) is 15.2. The van der Waals surface area contributed by atoms with E-state index in [0.29, 0.717) is 0 Å². The first kappa shape index (κ1) is 61.2. The number of hydrogen-bond acceptors (Lipinski definition) is 16. The standard InChI is InChI=1S/C41H52I6N2O16/c1-18(56)48(40-36(44)30(26(62)5-3-22(58)16-54)34(42)32(38(40)46)28(64)7-20(12-50)13-51)10-24(60)9-25(61)11-49(19(2)57)41-37(45)31(27(63)6-4-23(59)17-55)35(43)33(39(41)47)29(65)8-21(14-52)15-53/h20-25,50-55,58-61H,3-17H2,1-2H3. The predicted octanol–water partition coefficient (Wildman–Crippen LogP) is 2.81. The molecule has 2 rings (SSSR count). The van der Waals surface area contributed by atoms with Crippen LogP contribution in [-0.4, -0.2) is 163 Å². The Balaban J connectivity index is 2.71. The van der Waals surface area contributed by atoms with Gasteiger partial charge < -0.3 is 60.9 Å². The van der Waals surface area contributed by atoms with Gasteiger partial charge >= 0.3 is 0 Å². The Morgan fingerprint density at radius 3 is 0.954 bits per heavy atom. The molecule has 4 atom stereocenters. The smallest absolute Gasteiger partial charge is 0.224 e. The molecule has 24 heteroatoms. The van der Waals surface area contributed by atoms with Crippen LogP contribution in [-0.2, 0) is 9.59 Å². The molecular weight excluding hydrogens is 1540 g/mol. The van der Waals surface area contributed by atoms with Crippen LogP contribution in [0, 0.1) is 33.3 Å². The Morgan fingerprint density at radius 1 is 0.431 bits per heavy atom. The van der Waals surface area contributed by atoms with E-state index in [1.807, 2.05) is 136 Å². The van der Waals surface area contributed by atoms with Gasteiger partial charge in [-0.3, -0.25) is 28.8 Å². The maximum atomic E-state index is 13.8. The van der Waals surface area contributed by atoms with Crippen LogP contribution in [0.25, 0.3) is 0 Å². The van der Waals surface area contributed by atoms with Crippen molar-refractivity contribution in [3.05, 3.63) is 43.7 Å². The fourth-order valence-electron chi connectivity index (χ4n) is 6.52. The number of carbonyl (C=O) groups excluding carboxylic acids is 6. The van der Waals surface area contributed by atoms with E-state index in [4.69, 9.17) is 0 Å². The summed E-state index contributed by atoms with van der Waals surface area (Å²) >= 11 is 11.0. The van der Waals surface area contributed by atoms with E-state index in [2.05, 4.69) is 0 Å². The number of anilines is 2. The van der Waals surface area contributed by atoms with Crippen LogP contribution in [0.3, 0.4) is 0 Å². The molecule has 2 amide bonds. The van der Waals surface area contributed by atoms with E-state index in [0.717, 1.165) is 9.80 Å². The van der Waals surface area contributed by atoms with Crippen molar-refractivity contribution in [3.8, 4) is 0 Å². The quantitative estimate of drug-likeness (QED) is 0.0433. The van der Waals surface area contributed by atoms with Crippen molar-refractivity contribution in [2.24, 2.45) is 11.8 Å². The lowest BCUT2D eigenvalue weighted by atomic mass is 9.95. The summed E-state index contributed by atoms with van der Waals surface area (Å²) in [6.07, 6.45) is -7.28. The SMILES string of the molecule is CC(=O)N(CC(O)CC(O)CN(C(C)=O)c1c(I)c(C(=O)CCC(O)CO)c(I)c(C(=O)CC(CO)CO)c1I)c1c(I)c(C(=O)CCC(O)CO)c(I)c(C(=O)CC(CO)CO)c1I. The molecule has 0 spiro atoms. The summed E-state index contributed by atoms with van der Waals surface area (Å²) in [4.78, 5) is 84.3. The molecule has 2 aromatic rings. The summed E-state index contributed by atoms with van der Waals surface area (Å²) in [7, 11) is 0. The molecule has 2 aromatic carbocycles. The molecule has 0 fully saturated rings. The summed E-state index contributed by atoms with van der Waals surface area (Å²) in [6, 6.07) is 0. The molecule has 10 N–H and O–H groups in total. The number of rotatable bonds is 28. The van der Waals surface area contributed by atoms with Gasteiger partial charge in [-0.2, -0.15) is 0 Å². The first-order chi connectivity index (χ1) is 30.5. The molecule has 0 saturated carbocycles. The van der Waals surface area contributed by atoms with Gasteiger partial charge in [-0.25, -0.2) is 0 Å². The lowest BCUT2D eigenvalue weighted by Crippen LogP contribution is -2.42. The molecule has 0 aliphatic carbocycles. The highest BCUT2D eigenvalue weighted by Gasteiger charge is 2.35. The van der Waals surface area contributed by atoms with E-state index in [1.54, 1.807) is 0 Å². The molecule has 0 aliphatic heterocycles. The van der Waals surface area contributed by atoms with Gasteiger partial charge in [-0.15, -0.1) is 0 Å². The summed E-state index contributed by atoms with van der Waals surface area (Å²) in [5, 5.41) is 101. The fourth-order valence-corrected chi connectivity index (χ4v) is 16.4. The third-order valence-corrected chi connectivity index (χ3v) is 16.5. The average molecular weight is 1590 g/mol. The highest BCUT2D eigenvalue weighted by Crippen LogP contribution is 2.42. The third-order valence-electron chi connectivity index (χ3n) is 10.1. The minimum Gasteiger partial charge on any atom is -0.396 e. The molecule has 0 aromatic heterocycles. The lowest BCUT2D eigenvalue weighted by molar-refractivity contribution is -0.117. The number of amides is 2. The van der Waals surface area contributed by atoms with E-state index in [-0.39, 0.29) is 93.6 Å². The Hall–Kier alpha value is 0.0400. The number of nitrogens with zero attached hydrogens (tertiary/aromatic N) is 2. The number of benzene rings is 2. The Morgan fingerprint density at radius 2 is 0.708 bits per heavy atom. The van der Waals surface area contributed by atoms with Crippen LogP contribution >= 0.6 is 136 Å². The number of Topliss-reactive ketones (excluding diaryl/α,β-unsaturated/α-hetero) is 4. The van der Waals surface area contributed by atoms with Gasteiger partial charge in [0.1, 0.15) is 0 Å². The van der Waals surface area contributed by atoms with Gasteiger partial charge in [-0.05, 0) is 148 Å². The van der Waals surface area contributed by atoms with Crippen molar-refractivity contribution in [2.45, 2.75) is 83.2 Å². The number of aliphatic hydroxyl groups excluding tert-OH is 10. The van der Waals surface area contributed by atoms with Gasteiger partial charge in [0.25, 0.3) is 0 Å². The topological polar surface area (TPSA) is 311 Å². The fraction of sp³-hybridized carbons (Fsp3) is 0.561. The number of aliphatic hydroxyl groups is 10. The van der Waals surface area contributed by atoms with Gasteiger partial charge in [0.05, 0.1) is 62.1 Å². The van der Waals surface area contributed by atoms with Crippen molar-refractivity contribution in [3.63, 3.8) is 0 Å². The number of ketones is 4. The maximum Gasteiger partial charge on any atom is 0.224 e. The summed E-state index contributed by atoms with van der Waals surface area (Å²) in [6.45, 7) is -1.87. The molecule has 0 heterocycles. The molecule has 364 valence electrons. The van der Waals surface area contributed by atoms with Gasteiger partial charge in [0, 0.05) is 128 Å². The van der Waals surface area contributed by atoms with Crippen LogP contribution < -0.4 is 9.80 Å². The summed E-state index contributed by atoms with van der Waals surface area (Å²) in [5.41, 5.74) is 0.243. The van der Waals surface area contributed by atoms with E-state index >= 15 is 0 Å². The normalized spacial score (nSPS) is 13.5.